The minimum Gasteiger partial charge on any atom is -0.486 e. The lowest BCUT2D eigenvalue weighted by atomic mass is 10.1. The van der Waals surface area contributed by atoms with Gasteiger partial charge in [-0.05, 0) is 43.7 Å². The van der Waals surface area contributed by atoms with E-state index < -0.39 is 5.97 Å². The van der Waals surface area contributed by atoms with Crippen molar-refractivity contribution in [2.45, 2.75) is 38.5 Å². The fraction of sp³-hybridized carbons (Fsp3) is 0.421. The molecule has 0 aliphatic carbocycles. The minimum atomic E-state index is -0.986. The van der Waals surface area contributed by atoms with Gasteiger partial charge in [0.1, 0.15) is 11.9 Å². The molecule has 2 heterocycles. The van der Waals surface area contributed by atoms with Crippen molar-refractivity contribution in [2.75, 3.05) is 13.2 Å². The van der Waals surface area contributed by atoms with Crippen LogP contribution in [0.3, 0.4) is 0 Å². The Balaban J connectivity index is 1.55. The van der Waals surface area contributed by atoms with Crippen LogP contribution in [0.15, 0.2) is 36.5 Å². The van der Waals surface area contributed by atoms with Gasteiger partial charge in [-0.25, -0.2) is 4.79 Å². The first-order valence-corrected chi connectivity index (χ1v) is 8.88. The van der Waals surface area contributed by atoms with Gasteiger partial charge in [-0.15, -0.1) is 0 Å². The fourth-order valence-corrected chi connectivity index (χ4v) is 2.96. The first-order chi connectivity index (χ1) is 13.0. The number of ether oxygens (including phenoxy) is 2. The molecule has 1 amide bonds. The number of aromatic nitrogens is 2. The number of rotatable bonds is 7. The Morgan fingerprint density at radius 1 is 1.33 bits per heavy atom. The second-order valence-electron chi connectivity index (χ2n) is 6.47. The monoisotopic (exact) mass is 373 g/mol. The van der Waals surface area contributed by atoms with Crippen LogP contribution in [0.1, 0.15) is 28.9 Å². The lowest BCUT2D eigenvalue weighted by Gasteiger charge is -2.32. The molecule has 2 atom stereocenters. The smallest absolute Gasteiger partial charge is 0.335 e. The molecule has 0 radical (unpaired) electrons. The van der Waals surface area contributed by atoms with Crippen molar-refractivity contribution in [3.8, 4) is 5.75 Å². The van der Waals surface area contributed by atoms with Crippen LogP contribution in [-0.4, -0.2) is 52.1 Å². The fourth-order valence-electron chi connectivity index (χ4n) is 2.96. The summed E-state index contributed by atoms with van der Waals surface area (Å²) in [5.74, 6) is -0.506. The van der Waals surface area contributed by atoms with E-state index in [0.29, 0.717) is 38.3 Å². The van der Waals surface area contributed by atoms with Crippen molar-refractivity contribution in [1.82, 2.24) is 15.1 Å². The lowest BCUT2D eigenvalue weighted by Crippen LogP contribution is -2.51. The lowest BCUT2D eigenvalue weighted by molar-refractivity contribution is -0.124. The highest BCUT2D eigenvalue weighted by Gasteiger charge is 2.29. The van der Waals surface area contributed by atoms with E-state index in [2.05, 4.69) is 10.4 Å². The number of hydrogen-bond acceptors (Lipinski definition) is 5. The molecule has 1 saturated heterocycles. The predicted octanol–water partition coefficient (Wildman–Crippen LogP) is 1.63. The molecule has 144 valence electrons. The summed E-state index contributed by atoms with van der Waals surface area (Å²) in [7, 11) is 0. The molecule has 2 aromatic rings. The third-order valence-electron chi connectivity index (χ3n) is 4.52. The van der Waals surface area contributed by atoms with Crippen LogP contribution in [0.5, 0.6) is 5.75 Å². The number of carbonyl (C=O) groups is 2. The van der Waals surface area contributed by atoms with Crippen molar-refractivity contribution in [3.63, 3.8) is 0 Å². The molecule has 8 heteroatoms. The normalized spacial score (nSPS) is 19.4. The number of hydrogen-bond donors (Lipinski definition) is 2. The molecule has 1 aliphatic rings. The van der Waals surface area contributed by atoms with Crippen molar-refractivity contribution < 1.29 is 24.2 Å². The van der Waals surface area contributed by atoms with Gasteiger partial charge in [0.25, 0.3) is 0 Å². The Morgan fingerprint density at radius 2 is 2.11 bits per heavy atom. The number of carbonyl (C=O) groups excluding carboxylic acids is 1. The van der Waals surface area contributed by atoms with Gasteiger partial charge in [-0.2, -0.15) is 5.10 Å². The molecule has 0 bridgehead atoms. The molecule has 1 aromatic heterocycles. The van der Waals surface area contributed by atoms with Crippen LogP contribution in [0, 0.1) is 6.92 Å². The number of carboxylic acid groups (broad SMARTS) is 1. The molecular weight excluding hydrogens is 350 g/mol. The molecule has 1 aromatic carbocycles. The molecule has 1 aliphatic heterocycles. The average molecular weight is 373 g/mol. The van der Waals surface area contributed by atoms with Crippen molar-refractivity contribution in [2.24, 2.45) is 0 Å². The van der Waals surface area contributed by atoms with E-state index in [1.54, 1.807) is 23.0 Å². The van der Waals surface area contributed by atoms with Gasteiger partial charge in [-0.3, -0.25) is 9.48 Å². The Hall–Kier alpha value is -2.87. The first-order valence-electron chi connectivity index (χ1n) is 8.88. The van der Waals surface area contributed by atoms with Crippen LogP contribution in [-0.2, 0) is 16.1 Å². The van der Waals surface area contributed by atoms with Crippen LogP contribution in [0.25, 0.3) is 0 Å². The molecule has 0 unspecified atom stereocenters. The van der Waals surface area contributed by atoms with Gasteiger partial charge < -0.3 is 19.9 Å². The summed E-state index contributed by atoms with van der Waals surface area (Å²) in [5, 5.41) is 16.2. The van der Waals surface area contributed by atoms with E-state index >= 15 is 0 Å². The highest BCUT2D eigenvalue weighted by atomic mass is 16.5. The number of nitrogens with zero attached hydrogens (tertiary/aromatic N) is 2. The Kier molecular flexibility index (Phi) is 6.08. The summed E-state index contributed by atoms with van der Waals surface area (Å²) in [4.78, 5) is 23.3. The number of benzene rings is 1. The third kappa shape index (κ3) is 5.07. The van der Waals surface area contributed by atoms with Gasteiger partial charge in [0.15, 0.2) is 0 Å². The molecular formula is C19H23N3O5. The van der Waals surface area contributed by atoms with Crippen LogP contribution < -0.4 is 10.1 Å². The Morgan fingerprint density at radius 3 is 2.78 bits per heavy atom. The van der Waals surface area contributed by atoms with E-state index in [-0.39, 0.29) is 23.6 Å². The highest BCUT2D eigenvalue weighted by Crippen LogP contribution is 2.19. The molecule has 0 spiro atoms. The average Bonchev–Trinajstić information content (AvgIpc) is 3.07. The van der Waals surface area contributed by atoms with Crippen molar-refractivity contribution in [1.29, 1.82) is 0 Å². The second kappa shape index (κ2) is 8.68. The zero-order valence-corrected chi connectivity index (χ0v) is 15.1. The van der Waals surface area contributed by atoms with Gasteiger partial charge in [0.05, 0.1) is 18.2 Å². The molecule has 2 N–H and O–H groups in total. The Labute approximate surface area is 157 Å². The van der Waals surface area contributed by atoms with E-state index in [9.17, 15) is 9.59 Å². The van der Waals surface area contributed by atoms with Gasteiger partial charge in [0, 0.05) is 31.5 Å². The summed E-state index contributed by atoms with van der Waals surface area (Å²) in [6.45, 7) is 3.39. The molecule has 8 nitrogen and oxygen atoms in total. The summed E-state index contributed by atoms with van der Waals surface area (Å²) >= 11 is 0. The molecule has 0 saturated carbocycles. The summed E-state index contributed by atoms with van der Waals surface area (Å²) in [6, 6.07) is 7.93. The number of aromatic carboxylic acids is 1. The van der Waals surface area contributed by atoms with Gasteiger partial charge in [0.2, 0.25) is 5.91 Å². The SMILES string of the molecule is Cc1ccnn1CCC(=O)N[C@@H]1CCOC[C@H]1Oc1ccc(C(=O)O)cc1. The number of aryl methyl sites for hydroxylation is 2. The number of nitrogens with one attached hydrogen (secondary N) is 1. The zero-order chi connectivity index (χ0) is 19.2. The predicted molar refractivity (Wildman–Crippen MR) is 96.8 cm³/mol. The van der Waals surface area contributed by atoms with Crippen LogP contribution in [0.2, 0.25) is 0 Å². The summed E-state index contributed by atoms with van der Waals surface area (Å²) in [6.07, 6.45) is 2.38. The maximum atomic E-state index is 12.3. The standard InChI is InChI=1S/C19H23N3O5/c1-13-6-9-20-22(13)10-7-18(23)21-16-8-11-26-12-17(16)27-15-4-2-14(3-5-15)19(24)25/h2-6,9,16-17H,7-8,10-12H2,1H3,(H,21,23)(H,24,25)/t16-,17-/m1/s1. The van der Waals surface area contributed by atoms with E-state index in [1.165, 1.54) is 12.1 Å². The topological polar surface area (TPSA) is 103 Å². The second-order valence-corrected chi connectivity index (χ2v) is 6.47. The highest BCUT2D eigenvalue weighted by molar-refractivity contribution is 5.87. The number of carboxylic acids is 1. The summed E-state index contributed by atoms with van der Waals surface area (Å²) in [5.41, 5.74) is 1.21. The maximum absolute atomic E-state index is 12.3. The van der Waals surface area contributed by atoms with E-state index in [4.69, 9.17) is 14.6 Å². The van der Waals surface area contributed by atoms with Gasteiger partial charge in [-0.1, -0.05) is 0 Å². The quantitative estimate of drug-likeness (QED) is 0.765. The van der Waals surface area contributed by atoms with Crippen LogP contribution in [0.4, 0.5) is 0 Å². The first kappa shape index (κ1) is 18.9. The van der Waals surface area contributed by atoms with Crippen LogP contribution >= 0.6 is 0 Å². The Bertz CT molecular complexity index is 787. The van der Waals surface area contributed by atoms with E-state index in [1.807, 2.05) is 13.0 Å². The van der Waals surface area contributed by atoms with Gasteiger partial charge >= 0.3 is 5.97 Å². The molecule has 1 fully saturated rings. The maximum Gasteiger partial charge on any atom is 0.335 e. The zero-order valence-electron chi connectivity index (χ0n) is 15.1. The largest absolute Gasteiger partial charge is 0.486 e. The van der Waals surface area contributed by atoms with Crippen molar-refractivity contribution in [3.05, 3.63) is 47.8 Å². The third-order valence-corrected chi connectivity index (χ3v) is 4.52. The summed E-state index contributed by atoms with van der Waals surface area (Å²) < 4.78 is 13.2. The minimum absolute atomic E-state index is 0.0633. The molecule has 27 heavy (non-hydrogen) atoms. The van der Waals surface area contributed by atoms with Crippen molar-refractivity contribution >= 4 is 11.9 Å². The number of amides is 1. The molecule has 3 rings (SSSR count). The van der Waals surface area contributed by atoms with E-state index in [0.717, 1.165) is 5.69 Å².